The van der Waals surface area contributed by atoms with Gasteiger partial charge in [0, 0.05) is 17.2 Å². The number of hydrogen-bond donors (Lipinski definition) is 0. The highest BCUT2D eigenvalue weighted by Gasteiger charge is 2.28. The maximum Gasteiger partial charge on any atom is 0.313 e. The molecule has 0 bridgehead atoms. The Kier molecular flexibility index (Phi) is 5.01. The van der Waals surface area contributed by atoms with Gasteiger partial charge in [-0.1, -0.05) is 38.8 Å². The van der Waals surface area contributed by atoms with Crippen molar-refractivity contribution < 1.29 is 9.53 Å². The molecular weight excluding hydrogens is 304 g/mol. The number of rotatable bonds is 5. The number of ether oxygens (including phenoxy) is 1. The van der Waals surface area contributed by atoms with E-state index in [0.717, 1.165) is 6.42 Å². The van der Waals surface area contributed by atoms with Crippen molar-refractivity contribution in [3.63, 3.8) is 0 Å². The first kappa shape index (κ1) is 16.7. The Labute approximate surface area is 134 Å². The molecule has 6 nitrogen and oxygen atoms in total. The molecule has 2 aromatic rings. The van der Waals surface area contributed by atoms with Gasteiger partial charge in [0.25, 0.3) is 5.78 Å². The number of carbonyl (C=O) groups excluding carboxylic acids is 1. The van der Waals surface area contributed by atoms with Gasteiger partial charge in [-0.25, -0.2) is 4.98 Å². The number of carbonyl (C=O) groups is 1. The van der Waals surface area contributed by atoms with Gasteiger partial charge in [-0.15, -0.1) is 5.10 Å². The van der Waals surface area contributed by atoms with Crippen molar-refractivity contribution in [2.75, 3.05) is 7.11 Å². The number of hydrogen-bond acceptors (Lipinski definition) is 5. The second kappa shape index (κ2) is 6.60. The minimum absolute atomic E-state index is 0.175. The van der Waals surface area contributed by atoms with Gasteiger partial charge in [-0.05, 0) is 13.3 Å². The fourth-order valence-electron chi connectivity index (χ4n) is 2.45. The molecule has 0 spiro atoms. The SMILES string of the molecule is CCCC(C(=O)OC)c1c(C)nc2nc(C(C)C)nn2c1Cl. The summed E-state index contributed by atoms with van der Waals surface area (Å²) in [4.78, 5) is 20.9. The molecule has 0 radical (unpaired) electrons. The lowest BCUT2D eigenvalue weighted by atomic mass is 9.94. The topological polar surface area (TPSA) is 69.4 Å². The van der Waals surface area contributed by atoms with Crippen LogP contribution >= 0.6 is 11.6 Å². The summed E-state index contributed by atoms with van der Waals surface area (Å²) in [5.74, 6) is 0.558. The minimum Gasteiger partial charge on any atom is -0.469 e. The lowest BCUT2D eigenvalue weighted by Gasteiger charge is -2.17. The van der Waals surface area contributed by atoms with Crippen LogP contribution in [0.2, 0.25) is 5.15 Å². The molecule has 2 rings (SSSR count). The lowest BCUT2D eigenvalue weighted by molar-refractivity contribution is -0.142. The van der Waals surface area contributed by atoms with Gasteiger partial charge >= 0.3 is 5.97 Å². The van der Waals surface area contributed by atoms with Crippen molar-refractivity contribution in [2.45, 2.75) is 52.4 Å². The second-order valence-electron chi connectivity index (χ2n) is 5.60. The predicted octanol–water partition coefficient (Wildman–Crippen LogP) is 3.27. The molecule has 0 aliphatic heterocycles. The molecule has 0 aliphatic carbocycles. The zero-order chi connectivity index (χ0) is 16.4. The van der Waals surface area contributed by atoms with Crippen LogP contribution in [0.4, 0.5) is 0 Å². The number of esters is 1. The van der Waals surface area contributed by atoms with Crippen LogP contribution in [0.5, 0.6) is 0 Å². The van der Waals surface area contributed by atoms with Crippen LogP contribution in [0, 0.1) is 6.92 Å². The van der Waals surface area contributed by atoms with E-state index in [1.165, 1.54) is 11.6 Å². The standard InChI is InChI=1S/C15H21ClN4O2/c1-6-7-10(14(21)22-5)11-9(4)17-15-18-13(8(2)3)19-20(15)12(11)16/h8,10H,6-7H2,1-5H3. The Hall–Kier alpha value is -1.69. The van der Waals surface area contributed by atoms with Gasteiger partial charge in [0.2, 0.25) is 0 Å². The molecule has 2 heterocycles. The van der Waals surface area contributed by atoms with Gasteiger partial charge in [-0.2, -0.15) is 9.50 Å². The van der Waals surface area contributed by atoms with Gasteiger partial charge < -0.3 is 4.74 Å². The fraction of sp³-hybridized carbons (Fsp3) is 0.600. The first-order valence-electron chi connectivity index (χ1n) is 7.41. The number of fused-ring (bicyclic) bond motifs is 1. The van der Waals surface area contributed by atoms with Crippen LogP contribution in [-0.4, -0.2) is 32.7 Å². The normalized spacial score (nSPS) is 12.9. The summed E-state index contributed by atoms with van der Waals surface area (Å²) in [6.07, 6.45) is 1.48. The average molecular weight is 325 g/mol. The molecule has 1 atom stereocenters. The highest BCUT2D eigenvalue weighted by atomic mass is 35.5. The number of nitrogens with zero attached hydrogens (tertiary/aromatic N) is 4. The smallest absolute Gasteiger partial charge is 0.313 e. The van der Waals surface area contributed by atoms with E-state index in [2.05, 4.69) is 15.1 Å². The molecule has 0 N–H and O–H groups in total. The summed E-state index contributed by atoms with van der Waals surface area (Å²) < 4.78 is 6.42. The van der Waals surface area contributed by atoms with E-state index in [1.807, 2.05) is 27.7 Å². The Morgan fingerprint density at radius 2 is 2.05 bits per heavy atom. The van der Waals surface area contributed by atoms with Crippen molar-refractivity contribution >= 4 is 23.3 Å². The monoisotopic (exact) mass is 324 g/mol. The van der Waals surface area contributed by atoms with Crippen LogP contribution in [0.3, 0.4) is 0 Å². The second-order valence-corrected chi connectivity index (χ2v) is 5.96. The average Bonchev–Trinajstić information content (AvgIpc) is 2.89. The molecule has 0 aliphatic rings. The summed E-state index contributed by atoms with van der Waals surface area (Å²) in [7, 11) is 1.38. The van der Waals surface area contributed by atoms with E-state index >= 15 is 0 Å². The largest absolute Gasteiger partial charge is 0.469 e. The maximum atomic E-state index is 12.1. The Balaban J connectivity index is 2.64. The first-order valence-corrected chi connectivity index (χ1v) is 7.78. The predicted molar refractivity (Wildman–Crippen MR) is 84.3 cm³/mol. The highest BCUT2D eigenvalue weighted by Crippen LogP contribution is 2.31. The first-order chi connectivity index (χ1) is 10.4. The lowest BCUT2D eigenvalue weighted by Crippen LogP contribution is -2.18. The van der Waals surface area contributed by atoms with E-state index in [4.69, 9.17) is 16.3 Å². The van der Waals surface area contributed by atoms with Crippen LogP contribution in [0.25, 0.3) is 5.78 Å². The molecule has 0 saturated carbocycles. The molecule has 0 fully saturated rings. The van der Waals surface area contributed by atoms with Crippen LogP contribution < -0.4 is 0 Å². The van der Waals surface area contributed by atoms with E-state index in [1.54, 1.807) is 0 Å². The molecule has 7 heteroatoms. The van der Waals surface area contributed by atoms with E-state index in [9.17, 15) is 4.79 Å². The third-order valence-corrected chi connectivity index (χ3v) is 3.96. The summed E-state index contributed by atoms with van der Waals surface area (Å²) in [6.45, 7) is 7.85. The van der Waals surface area contributed by atoms with E-state index in [-0.39, 0.29) is 11.9 Å². The van der Waals surface area contributed by atoms with E-state index in [0.29, 0.717) is 34.4 Å². The highest BCUT2D eigenvalue weighted by molar-refractivity contribution is 6.30. The van der Waals surface area contributed by atoms with Crippen LogP contribution in [0.15, 0.2) is 0 Å². The van der Waals surface area contributed by atoms with Crippen molar-refractivity contribution in [3.8, 4) is 0 Å². The van der Waals surface area contributed by atoms with Crippen LogP contribution in [0.1, 0.15) is 62.5 Å². The molecule has 22 heavy (non-hydrogen) atoms. The minimum atomic E-state index is -0.439. The Morgan fingerprint density at radius 3 is 2.59 bits per heavy atom. The number of aryl methyl sites for hydroxylation is 1. The summed E-state index contributed by atoms with van der Waals surface area (Å²) >= 11 is 6.51. The van der Waals surface area contributed by atoms with E-state index < -0.39 is 5.92 Å². The van der Waals surface area contributed by atoms with Gasteiger partial charge in [0.05, 0.1) is 13.0 Å². The third-order valence-electron chi connectivity index (χ3n) is 3.60. The zero-order valence-electron chi connectivity index (χ0n) is 13.6. The molecule has 0 amide bonds. The van der Waals surface area contributed by atoms with Gasteiger partial charge in [-0.3, -0.25) is 4.79 Å². The molecule has 1 unspecified atom stereocenters. The van der Waals surface area contributed by atoms with Crippen LogP contribution in [-0.2, 0) is 9.53 Å². The molecule has 0 saturated heterocycles. The third kappa shape index (κ3) is 2.92. The molecule has 2 aromatic heterocycles. The maximum absolute atomic E-state index is 12.1. The van der Waals surface area contributed by atoms with Crippen molar-refractivity contribution in [3.05, 3.63) is 22.2 Å². The van der Waals surface area contributed by atoms with Gasteiger partial charge in [0.15, 0.2) is 5.82 Å². The van der Waals surface area contributed by atoms with Crippen molar-refractivity contribution in [2.24, 2.45) is 0 Å². The summed E-state index contributed by atoms with van der Waals surface area (Å²) in [6, 6.07) is 0. The molecule has 0 aromatic carbocycles. The Bertz CT molecular complexity index is 696. The molecule has 120 valence electrons. The quantitative estimate of drug-likeness (QED) is 0.623. The summed E-state index contributed by atoms with van der Waals surface area (Å²) in [5.41, 5.74) is 1.35. The zero-order valence-corrected chi connectivity index (χ0v) is 14.3. The number of halogens is 1. The Morgan fingerprint density at radius 1 is 1.36 bits per heavy atom. The number of aromatic nitrogens is 4. The molecular formula is C15H21ClN4O2. The van der Waals surface area contributed by atoms with Gasteiger partial charge in [0.1, 0.15) is 5.15 Å². The van der Waals surface area contributed by atoms with Crippen molar-refractivity contribution in [1.82, 2.24) is 19.6 Å². The van der Waals surface area contributed by atoms with Crippen molar-refractivity contribution in [1.29, 1.82) is 0 Å². The number of methoxy groups -OCH3 is 1. The summed E-state index contributed by atoms with van der Waals surface area (Å²) in [5, 5.41) is 4.78. The fourth-order valence-corrected chi connectivity index (χ4v) is 2.83.